The molecule has 1 heterocycles. The summed E-state index contributed by atoms with van der Waals surface area (Å²) in [5, 5.41) is 0.479. The lowest BCUT2D eigenvalue weighted by Gasteiger charge is -2.12. The number of hydrogen-bond donors (Lipinski definition) is 0. The van der Waals surface area contributed by atoms with E-state index in [2.05, 4.69) is 14.9 Å². The SMILES string of the molecule is CCc1c(Cl)ncnc1OCCN(C)C. The number of ether oxygens (including phenoxy) is 1. The Bertz CT molecular complexity index is 318. The lowest BCUT2D eigenvalue weighted by atomic mass is 10.2. The van der Waals surface area contributed by atoms with Gasteiger partial charge in [0.05, 0.1) is 5.56 Å². The molecule has 0 aliphatic rings. The second-order valence-corrected chi connectivity index (χ2v) is 3.81. The summed E-state index contributed by atoms with van der Waals surface area (Å²) in [5.74, 6) is 0.597. The molecule has 0 radical (unpaired) electrons. The average Bonchev–Trinajstić information content (AvgIpc) is 2.17. The molecule has 1 rings (SSSR count). The van der Waals surface area contributed by atoms with Gasteiger partial charge in [-0.1, -0.05) is 18.5 Å². The van der Waals surface area contributed by atoms with E-state index in [0.717, 1.165) is 18.5 Å². The van der Waals surface area contributed by atoms with E-state index in [9.17, 15) is 0 Å². The molecular weight excluding hydrogens is 214 g/mol. The Hall–Kier alpha value is -0.870. The van der Waals surface area contributed by atoms with E-state index >= 15 is 0 Å². The van der Waals surface area contributed by atoms with Gasteiger partial charge in [-0.25, -0.2) is 9.97 Å². The number of likely N-dealkylation sites (N-methyl/N-ethyl adjacent to an activating group) is 1. The Morgan fingerprint density at radius 2 is 2.13 bits per heavy atom. The van der Waals surface area contributed by atoms with E-state index in [-0.39, 0.29) is 0 Å². The molecular formula is C10H16ClN3O. The highest BCUT2D eigenvalue weighted by Gasteiger charge is 2.08. The van der Waals surface area contributed by atoms with Crippen molar-refractivity contribution in [1.29, 1.82) is 0 Å². The van der Waals surface area contributed by atoms with Crippen LogP contribution in [0.4, 0.5) is 0 Å². The van der Waals surface area contributed by atoms with Gasteiger partial charge in [-0.05, 0) is 20.5 Å². The first-order valence-corrected chi connectivity index (χ1v) is 5.29. The normalized spacial score (nSPS) is 10.7. The fraction of sp³-hybridized carbons (Fsp3) is 0.600. The van der Waals surface area contributed by atoms with Crippen molar-refractivity contribution in [1.82, 2.24) is 14.9 Å². The Morgan fingerprint density at radius 1 is 1.40 bits per heavy atom. The van der Waals surface area contributed by atoms with Crippen LogP contribution >= 0.6 is 11.6 Å². The summed E-state index contributed by atoms with van der Waals surface area (Å²) in [7, 11) is 3.99. The van der Waals surface area contributed by atoms with Crippen LogP contribution in [-0.4, -0.2) is 42.1 Å². The molecule has 0 bridgehead atoms. The van der Waals surface area contributed by atoms with Crippen molar-refractivity contribution in [2.45, 2.75) is 13.3 Å². The van der Waals surface area contributed by atoms with Crippen LogP contribution in [-0.2, 0) is 6.42 Å². The summed E-state index contributed by atoms with van der Waals surface area (Å²) < 4.78 is 5.54. The van der Waals surface area contributed by atoms with E-state index in [1.807, 2.05) is 21.0 Å². The van der Waals surface area contributed by atoms with Crippen molar-refractivity contribution < 1.29 is 4.74 Å². The van der Waals surface area contributed by atoms with E-state index < -0.39 is 0 Å². The van der Waals surface area contributed by atoms with Gasteiger partial charge in [0.2, 0.25) is 5.88 Å². The molecule has 15 heavy (non-hydrogen) atoms. The van der Waals surface area contributed by atoms with Crippen molar-refractivity contribution in [3.63, 3.8) is 0 Å². The minimum atomic E-state index is 0.479. The van der Waals surface area contributed by atoms with Gasteiger partial charge in [0.25, 0.3) is 0 Å². The van der Waals surface area contributed by atoms with Gasteiger partial charge in [-0.2, -0.15) is 0 Å². The van der Waals surface area contributed by atoms with Crippen LogP contribution in [0.1, 0.15) is 12.5 Å². The summed E-state index contributed by atoms with van der Waals surface area (Å²) in [4.78, 5) is 10.0. The summed E-state index contributed by atoms with van der Waals surface area (Å²) in [6.45, 7) is 3.46. The molecule has 0 aromatic carbocycles. The molecule has 4 nitrogen and oxygen atoms in total. The smallest absolute Gasteiger partial charge is 0.221 e. The molecule has 0 fully saturated rings. The average molecular weight is 230 g/mol. The van der Waals surface area contributed by atoms with Crippen molar-refractivity contribution in [2.75, 3.05) is 27.2 Å². The largest absolute Gasteiger partial charge is 0.476 e. The van der Waals surface area contributed by atoms with Crippen molar-refractivity contribution in [3.8, 4) is 5.88 Å². The second-order valence-electron chi connectivity index (χ2n) is 3.45. The molecule has 0 N–H and O–H groups in total. The highest BCUT2D eigenvalue weighted by atomic mass is 35.5. The summed E-state index contributed by atoms with van der Waals surface area (Å²) in [5.41, 5.74) is 0.873. The van der Waals surface area contributed by atoms with Crippen LogP contribution in [0.5, 0.6) is 5.88 Å². The molecule has 0 saturated carbocycles. The molecule has 0 amide bonds. The Kier molecular flexibility index (Phi) is 4.78. The molecule has 0 unspecified atom stereocenters. The number of nitrogens with zero attached hydrogens (tertiary/aromatic N) is 3. The van der Waals surface area contributed by atoms with Crippen molar-refractivity contribution >= 4 is 11.6 Å². The first-order valence-electron chi connectivity index (χ1n) is 4.92. The maximum atomic E-state index is 5.93. The van der Waals surface area contributed by atoms with Crippen molar-refractivity contribution in [2.24, 2.45) is 0 Å². The second kappa shape index (κ2) is 5.88. The third-order valence-electron chi connectivity index (χ3n) is 1.98. The molecule has 0 aliphatic carbocycles. The van der Waals surface area contributed by atoms with Gasteiger partial charge in [-0.15, -0.1) is 0 Å². The Labute approximate surface area is 95.2 Å². The highest BCUT2D eigenvalue weighted by Crippen LogP contribution is 2.21. The molecule has 0 spiro atoms. The Balaban J connectivity index is 2.64. The zero-order valence-electron chi connectivity index (χ0n) is 9.33. The zero-order chi connectivity index (χ0) is 11.3. The molecule has 0 aliphatic heterocycles. The summed E-state index contributed by atoms with van der Waals surface area (Å²) >= 11 is 5.93. The van der Waals surface area contributed by atoms with Gasteiger partial charge in [0.1, 0.15) is 18.1 Å². The highest BCUT2D eigenvalue weighted by molar-refractivity contribution is 6.30. The van der Waals surface area contributed by atoms with Gasteiger partial charge >= 0.3 is 0 Å². The first-order chi connectivity index (χ1) is 7.15. The number of hydrogen-bond acceptors (Lipinski definition) is 4. The molecule has 0 saturated heterocycles. The summed E-state index contributed by atoms with van der Waals surface area (Å²) in [6, 6.07) is 0. The third-order valence-corrected chi connectivity index (χ3v) is 2.31. The van der Waals surface area contributed by atoms with E-state index in [4.69, 9.17) is 16.3 Å². The third kappa shape index (κ3) is 3.64. The topological polar surface area (TPSA) is 38.3 Å². The minimum absolute atomic E-state index is 0.479. The van der Waals surface area contributed by atoms with Gasteiger partial charge in [-0.3, -0.25) is 0 Å². The summed E-state index contributed by atoms with van der Waals surface area (Å²) in [6.07, 6.45) is 2.20. The first kappa shape index (κ1) is 12.2. The lowest BCUT2D eigenvalue weighted by Crippen LogP contribution is -2.20. The molecule has 84 valence electrons. The van der Waals surface area contributed by atoms with Gasteiger partial charge < -0.3 is 9.64 Å². The maximum Gasteiger partial charge on any atom is 0.221 e. The fourth-order valence-corrected chi connectivity index (χ4v) is 1.38. The van der Waals surface area contributed by atoms with E-state index in [0.29, 0.717) is 17.6 Å². The monoisotopic (exact) mass is 229 g/mol. The van der Waals surface area contributed by atoms with Crippen molar-refractivity contribution in [3.05, 3.63) is 17.0 Å². The molecule has 1 aromatic rings. The van der Waals surface area contributed by atoms with Crippen LogP contribution in [0.3, 0.4) is 0 Å². The quantitative estimate of drug-likeness (QED) is 0.720. The van der Waals surface area contributed by atoms with E-state index in [1.165, 1.54) is 6.33 Å². The van der Waals surface area contributed by atoms with Crippen LogP contribution in [0, 0.1) is 0 Å². The van der Waals surface area contributed by atoms with Crippen LogP contribution < -0.4 is 4.74 Å². The van der Waals surface area contributed by atoms with Crippen LogP contribution in [0.25, 0.3) is 0 Å². The van der Waals surface area contributed by atoms with Crippen LogP contribution in [0.2, 0.25) is 5.15 Å². The minimum Gasteiger partial charge on any atom is -0.476 e. The van der Waals surface area contributed by atoms with Crippen LogP contribution in [0.15, 0.2) is 6.33 Å². The molecule has 0 atom stereocenters. The Morgan fingerprint density at radius 3 is 2.73 bits per heavy atom. The standard InChI is InChI=1S/C10H16ClN3O/c1-4-8-9(11)12-7-13-10(8)15-6-5-14(2)3/h7H,4-6H2,1-3H3. The predicted octanol–water partition coefficient (Wildman–Crippen LogP) is 1.63. The number of aromatic nitrogens is 2. The fourth-order valence-electron chi connectivity index (χ4n) is 1.12. The predicted molar refractivity (Wildman–Crippen MR) is 60.5 cm³/mol. The van der Waals surface area contributed by atoms with Gasteiger partial charge in [0.15, 0.2) is 0 Å². The van der Waals surface area contributed by atoms with Gasteiger partial charge in [0, 0.05) is 6.54 Å². The van der Waals surface area contributed by atoms with E-state index in [1.54, 1.807) is 0 Å². The lowest BCUT2D eigenvalue weighted by molar-refractivity contribution is 0.251. The zero-order valence-corrected chi connectivity index (χ0v) is 10.1. The maximum absolute atomic E-state index is 5.93. The number of rotatable bonds is 5. The molecule has 5 heteroatoms. The molecule has 1 aromatic heterocycles. The number of halogens is 1.